The van der Waals surface area contributed by atoms with Gasteiger partial charge in [0.15, 0.2) is 0 Å². The Labute approximate surface area is 136 Å². The van der Waals surface area contributed by atoms with Crippen molar-refractivity contribution in [1.29, 1.82) is 0 Å². The summed E-state index contributed by atoms with van der Waals surface area (Å²) in [5.74, 6) is 1.71. The molecule has 5 heteroatoms. The fourth-order valence-electron chi connectivity index (χ4n) is 3.47. The number of benzene rings is 1. The fraction of sp³-hybridized carbons (Fsp3) is 0.556. The van der Waals surface area contributed by atoms with Gasteiger partial charge in [-0.25, -0.2) is 0 Å². The van der Waals surface area contributed by atoms with Gasteiger partial charge in [0, 0.05) is 25.2 Å². The summed E-state index contributed by atoms with van der Waals surface area (Å²) in [6.45, 7) is 1.67. The van der Waals surface area contributed by atoms with Crippen molar-refractivity contribution in [3.63, 3.8) is 0 Å². The molecule has 1 aliphatic carbocycles. The van der Waals surface area contributed by atoms with E-state index in [4.69, 9.17) is 14.0 Å². The van der Waals surface area contributed by atoms with Crippen LogP contribution >= 0.6 is 0 Å². The summed E-state index contributed by atoms with van der Waals surface area (Å²) in [6.07, 6.45) is 5.36. The minimum atomic E-state index is -0.337. The van der Waals surface area contributed by atoms with E-state index < -0.39 is 0 Å². The number of aromatic nitrogens is 2. The minimum absolute atomic E-state index is 0.337. The molecular formula is C18H22N2O3. The number of methoxy groups -OCH3 is 1. The smallest absolute Gasteiger partial charge is 0.258 e. The normalized spacial score (nSPS) is 23.4. The lowest BCUT2D eigenvalue weighted by Gasteiger charge is -2.37. The largest absolute Gasteiger partial charge is 0.381 e. The van der Waals surface area contributed by atoms with Gasteiger partial charge >= 0.3 is 0 Å². The van der Waals surface area contributed by atoms with Crippen LogP contribution in [0.4, 0.5) is 0 Å². The molecule has 2 heterocycles. The van der Waals surface area contributed by atoms with Gasteiger partial charge in [0.2, 0.25) is 5.82 Å². The summed E-state index contributed by atoms with van der Waals surface area (Å²) < 4.78 is 16.7. The van der Waals surface area contributed by atoms with Gasteiger partial charge in [-0.2, -0.15) is 4.98 Å². The first kappa shape index (κ1) is 14.8. The van der Waals surface area contributed by atoms with Gasteiger partial charge in [-0.15, -0.1) is 0 Å². The van der Waals surface area contributed by atoms with Crippen LogP contribution in [-0.4, -0.2) is 30.5 Å². The molecule has 122 valence electrons. The van der Waals surface area contributed by atoms with Crippen molar-refractivity contribution >= 4 is 0 Å². The monoisotopic (exact) mass is 314 g/mol. The van der Waals surface area contributed by atoms with E-state index in [1.165, 1.54) is 12.0 Å². The van der Waals surface area contributed by atoms with Gasteiger partial charge in [-0.3, -0.25) is 0 Å². The highest BCUT2D eigenvalue weighted by molar-refractivity contribution is 5.54. The van der Waals surface area contributed by atoms with Crippen molar-refractivity contribution in [3.05, 3.63) is 35.7 Å². The van der Waals surface area contributed by atoms with E-state index in [-0.39, 0.29) is 5.60 Å². The average Bonchev–Trinajstić information content (AvgIpc) is 3.06. The SMILES string of the molecule is COC1(c2noc(-c3cccc([C@H]4CCCOC4)c3)n2)CCC1. The molecular weight excluding hydrogens is 292 g/mol. The second-order valence-corrected chi connectivity index (χ2v) is 6.51. The first-order valence-electron chi connectivity index (χ1n) is 8.38. The van der Waals surface area contributed by atoms with Crippen LogP contribution in [0.15, 0.2) is 28.8 Å². The Morgan fingerprint density at radius 1 is 1.26 bits per heavy atom. The standard InChI is InChI=1S/C18H22N2O3/c1-21-18(8-4-9-18)17-19-16(23-20-17)14-6-2-5-13(11-14)15-7-3-10-22-12-15/h2,5-6,11,15H,3-4,7-10,12H2,1H3/t15-/m0/s1. The lowest BCUT2D eigenvalue weighted by Crippen LogP contribution is -2.37. The molecule has 2 fully saturated rings. The van der Waals surface area contributed by atoms with E-state index >= 15 is 0 Å². The maximum atomic E-state index is 5.63. The Kier molecular flexibility index (Phi) is 3.91. The lowest BCUT2D eigenvalue weighted by molar-refractivity contribution is -0.0858. The molecule has 0 unspecified atom stereocenters. The van der Waals surface area contributed by atoms with Crippen LogP contribution < -0.4 is 0 Å². The summed E-state index contributed by atoms with van der Waals surface area (Å²) in [5.41, 5.74) is 1.92. The van der Waals surface area contributed by atoms with Gasteiger partial charge in [-0.1, -0.05) is 17.3 Å². The van der Waals surface area contributed by atoms with Crippen LogP contribution in [0.25, 0.3) is 11.5 Å². The molecule has 0 amide bonds. The average molecular weight is 314 g/mol. The molecule has 5 nitrogen and oxygen atoms in total. The fourth-order valence-corrected chi connectivity index (χ4v) is 3.47. The second kappa shape index (κ2) is 6.06. The Morgan fingerprint density at radius 3 is 2.87 bits per heavy atom. The van der Waals surface area contributed by atoms with Crippen molar-refractivity contribution in [1.82, 2.24) is 10.1 Å². The van der Waals surface area contributed by atoms with Gasteiger partial charge < -0.3 is 14.0 Å². The molecule has 1 saturated heterocycles. The van der Waals surface area contributed by atoms with Crippen LogP contribution in [0.1, 0.15) is 49.4 Å². The minimum Gasteiger partial charge on any atom is -0.381 e. The number of hydrogen-bond acceptors (Lipinski definition) is 5. The number of rotatable bonds is 4. The van der Waals surface area contributed by atoms with Crippen molar-refractivity contribution in [2.75, 3.05) is 20.3 Å². The van der Waals surface area contributed by atoms with Gasteiger partial charge in [0.25, 0.3) is 5.89 Å². The highest BCUT2D eigenvalue weighted by atomic mass is 16.5. The van der Waals surface area contributed by atoms with Crippen molar-refractivity contribution in [2.24, 2.45) is 0 Å². The summed E-state index contributed by atoms with van der Waals surface area (Å²) in [6, 6.07) is 8.38. The van der Waals surface area contributed by atoms with E-state index in [0.717, 1.165) is 44.5 Å². The molecule has 1 aromatic heterocycles. The van der Waals surface area contributed by atoms with E-state index in [1.54, 1.807) is 7.11 Å². The topological polar surface area (TPSA) is 57.4 Å². The van der Waals surface area contributed by atoms with Gasteiger partial charge in [-0.05, 0) is 49.8 Å². The molecule has 0 spiro atoms. The third-order valence-electron chi connectivity index (χ3n) is 5.15. The second-order valence-electron chi connectivity index (χ2n) is 6.51. The molecule has 1 saturated carbocycles. The molecule has 4 rings (SSSR count). The highest BCUT2D eigenvalue weighted by Crippen LogP contribution is 2.43. The molecule has 0 N–H and O–H groups in total. The van der Waals surface area contributed by atoms with Crippen LogP contribution in [0.3, 0.4) is 0 Å². The molecule has 2 aliphatic rings. The molecule has 1 aromatic carbocycles. The summed E-state index contributed by atoms with van der Waals surface area (Å²) in [4.78, 5) is 4.60. The first-order valence-corrected chi connectivity index (χ1v) is 8.38. The third-order valence-corrected chi connectivity index (χ3v) is 5.15. The summed E-state index contributed by atoms with van der Waals surface area (Å²) in [7, 11) is 1.72. The molecule has 1 atom stereocenters. The van der Waals surface area contributed by atoms with E-state index in [2.05, 4.69) is 28.3 Å². The van der Waals surface area contributed by atoms with Crippen LogP contribution in [0, 0.1) is 0 Å². The predicted octanol–water partition coefficient (Wildman–Crippen LogP) is 3.66. The van der Waals surface area contributed by atoms with Crippen LogP contribution in [-0.2, 0) is 15.1 Å². The van der Waals surface area contributed by atoms with Gasteiger partial charge in [0.1, 0.15) is 5.60 Å². The van der Waals surface area contributed by atoms with Gasteiger partial charge in [0.05, 0.1) is 6.61 Å². The van der Waals surface area contributed by atoms with E-state index in [9.17, 15) is 0 Å². The molecule has 23 heavy (non-hydrogen) atoms. The first-order chi connectivity index (χ1) is 11.3. The number of nitrogens with zero attached hydrogens (tertiary/aromatic N) is 2. The van der Waals surface area contributed by atoms with Crippen LogP contribution in [0.2, 0.25) is 0 Å². The zero-order chi connectivity index (χ0) is 15.7. The van der Waals surface area contributed by atoms with Crippen LogP contribution in [0.5, 0.6) is 0 Å². The predicted molar refractivity (Wildman–Crippen MR) is 85.1 cm³/mol. The van der Waals surface area contributed by atoms with E-state index in [1.807, 2.05) is 6.07 Å². The van der Waals surface area contributed by atoms with Crippen molar-refractivity contribution in [2.45, 2.75) is 43.6 Å². The van der Waals surface area contributed by atoms with Crippen molar-refractivity contribution in [3.8, 4) is 11.5 Å². The molecule has 1 aliphatic heterocycles. The quantitative estimate of drug-likeness (QED) is 0.862. The Hall–Kier alpha value is -1.72. The summed E-state index contributed by atoms with van der Waals surface area (Å²) >= 11 is 0. The maximum Gasteiger partial charge on any atom is 0.258 e. The zero-order valence-corrected chi connectivity index (χ0v) is 13.5. The summed E-state index contributed by atoms with van der Waals surface area (Å²) in [5, 5.41) is 4.16. The third kappa shape index (κ3) is 2.68. The number of hydrogen-bond donors (Lipinski definition) is 0. The molecule has 2 aromatic rings. The lowest BCUT2D eigenvalue weighted by atomic mass is 9.79. The maximum absolute atomic E-state index is 5.63. The van der Waals surface area contributed by atoms with E-state index in [0.29, 0.717) is 17.6 Å². The number of ether oxygens (including phenoxy) is 2. The Morgan fingerprint density at radius 2 is 2.17 bits per heavy atom. The molecule has 0 radical (unpaired) electrons. The van der Waals surface area contributed by atoms with Crippen molar-refractivity contribution < 1.29 is 14.0 Å². The zero-order valence-electron chi connectivity index (χ0n) is 13.5. The Balaban J connectivity index is 1.59. The molecule has 0 bridgehead atoms. The highest BCUT2D eigenvalue weighted by Gasteiger charge is 2.43. The Bertz CT molecular complexity index is 667.